The lowest BCUT2D eigenvalue weighted by molar-refractivity contribution is -0.116. The van der Waals surface area contributed by atoms with Gasteiger partial charge in [0.15, 0.2) is 5.78 Å². The molecule has 0 saturated carbocycles. The molecule has 0 amide bonds. The molecule has 0 spiro atoms. The topological polar surface area (TPSA) is 17.1 Å². The molecule has 0 heterocycles. The standard InChI is InChI=1S/C10H13ClO/c1-7-3-4-9(5-10(7)12)8(2)6-11/h3,9H,2,4-6H2,1H3/t9-/m1/s1. The van der Waals surface area contributed by atoms with Crippen molar-refractivity contribution in [1.82, 2.24) is 0 Å². The maximum Gasteiger partial charge on any atom is 0.158 e. The molecule has 12 heavy (non-hydrogen) atoms. The van der Waals surface area contributed by atoms with Gasteiger partial charge < -0.3 is 0 Å². The van der Waals surface area contributed by atoms with Crippen molar-refractivity contribution in [2.75, 3.05) is 5.88 Å². The Morgan fingerprint density at radius 2 is 2.50 bits per heavy atom. The van der Waals surface area contributed by atoms with Gasteiger partial charge in [-0.1, -0.05) is 18.2 Å². The third-order valence-electron chi connectivity index (χ3n) is 2.33. The number of hydrogen-bond acceptors (Lipinski definition) is 1. The average Bonchev–Trinajstić information content (AvgIpc) is 2.08. The number of rotatable bonds is 2. The minimum Gasteiger partial charge on any atom is -0.295 e. The number of hydrogen-bond donors (Lipinski definition) is 0. The molecule has 0 aromatic heterocycles. The monoisotopic (exact) mass is 184 g/mol. The maximum atomic E-state index is 11.3. The van der Waals surface area contributed by atoms with Crippen molar-refractivity contribution in [2.24, 2.45) is 5.92 Å². The Bertz CT molecular complexity index is 240. The van der Waals surface area contributed by atoms with E-state index in [2.05, 4.69) is 6.58 Å². The van der Waals surface area contributed by atoms with Gasteiger partial charge in [0, 0.05) is 12.3 Å². The molecule has 0 aromatic carbocycles. The number of Topliss-reactive ketones (excluding diaryl/α,β-unsaturated/α-hetero) is 1. The van der Waals surface area contributed by atoms with E-state index < -0.39 is 0 Å². The van der Waals surface area contributed by atoms with E-state index >= 15 is 0 Å². The Morgan fingerprint density at radius 1 is 1.83 bits per heavy atom. The van der Waals surface area contributed by atoms with E-state index in [1.165, 1.54) is 0 Å². The molecule has 0 aromatic rings. The molecule has 1 aliphatic carbocycles. The Labute approximate surface area is 78.1 Å². The van der Waals surface area contributed by atoms with Gasteiger partial charge in [-0.15, -0.1) is 11.6 Å². The second-order valence-electron chi connectivity index (χ2n) is 3.24. The average molecular weight is 185 g/mol. The highest BCUT2D eigenvalue weighted by Gasteiger charge is 2.20. The lowest BCUT2D eigenvalue weighted by atomic mass is 9.85. The van der Waals surface area contributed by atoms with Crippen molar-refractivity contribution in [1.29, 1.82) is 0 Å². The van der Waals surface area contributed by atoms with Gasteiger partial charge in [0.05, 0.1) is 0 Å². The van der Waals surface area contributed by atoms with Crippen LogP contribution in [0.1, 0.15) is 19.8 Å². The fourth-order valence-electron chi connectivity index (χ4n) is 1.32. The quantitative estimate of drug-likeness (QED) is 0.477. The predicted octanol–water partition coefficient (Wildman–Crippen LogP) is 2.71. The van der Waals surface area contributed by atoms with Crippen molar-refractivity contribution in [3.05, 3.63) is 23.8 Å². The van der Waals surface area contributed by atoms with Crippen LogP contribution in [0.5, 0.6) is 0 Å². The van der Waals surface area contributed by atoms with Crippen molar-refractivity contribution >= 4 is 17.4 Å². The SMILES string of the molecule is C=C(CCl)[C@@H]1CC=C(C)C(=O)C1. The molecule has 1 aliphatic rings. The van der Waals surface area contributed by atoms with E-state index in [0.717, 1.165) is 17.6 Å². The van der Waals surface area contributed by atoms with Crippen LogP contribution in [0.15, 0.2) is 23.8 Å². The summed E-state index contributed by atoms with van der Waals surface area (Å²) in [7, 11) is 0. The minimum absolute atomic E-state index is 0.234. The van der Waals surface area contributed by atoms with Gasteiger partial charge in [-0.2, -0.15) is 0 Å². The van der Waals surface area contributed by atoms with Crippen molar-refractivity contribution in [3.63, 3.8) is 0 Å². The van der Waals surface area contributed by atoms with Crippen LogP contribution in [0, 0.1) is 5.92 Å². The number of carbonyl (C=O) groups is 1. The molecule has 1 rings (SSSR count). The van der Waals surface area contributed by atoms with E-state index in [0.29, 0.717) is 12.3 Å². The normalized spacial score (nSPS) is 23.7. The molecule has 66 valence electrons. The van der Waals surface area contributed by atoms with Crippen LogP contribution in [0.4, 0.5) is 0 Å². The van der Waals surface area contributed by atoms with E-state index in [-0.39, 0.29) is 11.7 Å². The number of halogens is 1. The highest BCUT2D eigenvalue weighted by Crippen LogP contribution is 2.26. The zero-order valence-corrected chi connectivity index (χ0v) is 8.03. The van der Waals surface area contributed by atoms with Crippen LogP contribution in [-0.2, 0) is 4.79 Å². The molecule has 0 bridgehead atoms. The summed E-state index contributed by atoms with van der Waals surface area (Å²) in [6.07, 6.45) is 3.49. The number of carbonyl (C=O) groups excluding carboxylic acids is 1. The fourth-order valence-corrected chi connectivity index (χ4v) is 1.54. The molecule has 0 fully saturated rings. The van der Waals surface area contributed by atoms with Gasteiger partial charge in [-0.3, -0.25) is 4.79 Å². The van der Waals surface area contributed by atoms with Crippen LogP contribution in [0.25, 0.3) is 0 Å². The second-order valence-corrected chi connectivity index (χ2v) is 3.51. The van der Waals surface area contributed by atoms with Gasteiger partial charge in [0.25, 0.3) is 0 Å². The van der Waals surface area contributed by atoms with Crippen molar-refractivity contribution in [2.45, 2.75) is 19.8 Å². The molecule has 1 nitrogen and oxygen atoms in total. The summed E-state index contributed by atoms with van der Waals surface area (Å²) in [6.45, 7) is 5.71. The highest BCUT2D eigenvalue weighted by molar-refractivity contribution is 6.19. The minimum atomic E-state index is 0.234. The Balaban J connectivity index is 2.65. The number of allylic oxidation sites excluding steroid dienone is 3. The van der Waals surface area contributed by atoms with Gasteiger partial charge in [0.1, 0.15) is 0 Å². The smallest absolute Gasteiger partial charge is 0.158 e. The van der Waals surface area contributed by atoms with E-state index in [4.69, 9.17) is 11.6 Å². The van der Waals surface area contributed by atoms with Gasteiger partial charge in [-0.25, -0.2) is 0 Å². The molecule has 0 unspecified atom stereocenters. The summed E-state index contributed by atoms with van der Waals surface area (Å²) in [4.78, 5) is 11.3. The molecule has 0 aliphatic heterocycles. The van der Waals surface area contributed by atoms with Crippen LogP contribution in [0.3, 0.4) is 0 Å². The van der Waals surface area contributed by atoms with Crippen LogP contribution in [0.2, 0.25) is 0 Å². The zero-order chi connectivity index (χ0) is 9.14. The summed E-state index contributed by atoms with van der Waals surface area (Å²) >= 11 is 5.64. The predicted molar refractivity (Wildman–Crippen MR) is 51.3 cm³/mol. The zero-order valence-electron chi connectivity index (χ0n) is 7.27. The second kappa shape index (κ2) is 3.90. The summed E-state index contributed by atoms with van der Waals surface area (Å²) < 4.78 is 0. The van der Waals surface area contributed by atoms with Gasteiger partial charge >= 0.3 is 0 Å². The number of ketones is 1. The largest absolute Gasteiger partial charge is 0.295 e. The van der Waals surface area contributed by atoms with E-state index in [1.807, 2.05) is 13.0 Å². The summed E-state index contributed by atoms with van der Waals surface area (Å²) in [5, 5.41) is 0. The van der Waals surface area contributed by atoms with Crippen LogP contribution >= 0.6 is 11.6 Å². The lowest BCUT2D eigenvalue weighted by Crippen LogP contribution is -2.16. The lowest BCUT2D eigenvalue weighted by Gasteiger charge is -2.20. The first kappa shape index (κ1) is 9.53. The first-order chi connectivity index (χ1) is 5.65. The summed E-state index contributed by atoms with van der Waals surface area (Å²) in [5.41, 5.74) is 1.86. The Hall–Kier alpha value is -0.560. The Morgan fingerprint density at radius 3 is 3.00 bits per heavy atom. The number of alkyl halides is 1. The molecule has 0 radical (unpaired) electrons. The molecule has 0 saturated heterocycles. The summed E-state index contributed by atoms with van der Waals surface area (Å²) in [5.74, 6) is 0.974. The van der Waals surface area contributed by atoms with E-state index in [9.17, 15) is 4.79 Å². The molecule has 2 heteroatoms. The molecule has 1 atom stereocenters. The van der Waals surface area contributed by atoms with Gasteiger partial charge in [-0.05, 0) is 24.8 Å². The highest BCUT2D eigenvalue weighted by atomic mass is 35.5. The van der Waals surface area contributed by atoms with Crippen molar-refractivity contribution in [3.8, 4) is 0 Å². The van der Waals surface area contributed by atoms with Crippen LogP contribution in [-0.4, -0.2) is 11.7 Å². The maximum absolute atomic E-state index is 11.3. The fraction of sp³-hybridized carbons (Fsp3) is 0.500. The molecular weight excluding hydrogens is 172 g/mol. The molecular formula is C10H13ClO. The third kappa shape index (κ3) is 1.98. The third-order valence-corrected chi connectivity index (χ3v) is 2.67. The first-order valence-corrected chi connectivity index (χ1v) is 4.62. The molecule has 0 N–H and O–H groups in total. The Kier molecular flexibility index (Phi) is 3.10. The van der Waals surface area contributed by atoms with Crippen LogP contribution < -0.4 is 0 Å². The van der Waals surface area contributed by atoms with E-state index in [1.54, 1.807) is 0 Å². The van der Waals surface area contributed by atoms with Crippen molar-refractivity contribution < 1.29 is 4.79 Å². The summed E-state index contributed by atoms with van der Waals surface area (Å²) in [6, 6.07) is 0. The first-order valence-electron chi connectivity index (χ1n) is 4.08. The van der Waals surface area contributed by atoms with Gasteiger partial charge in [0.2, 0.25) is 0 Å².